The zero-order valence-electron chi connectivity index (χ0n) is 10.7. The first kappa shape index (κ1) is 15.0. The van der Waals surface area contributed by atoms with Crippen molar-refractivity contribution >= 4 is 21.8 Å². The third-order valence-corrected chi connectivity index (χ3v) is 3.35. The molecule has 0 bridgehead atoms. The van der Waals surface area contributed by atoms with E-state index in [-0.39, 0.29) is 11.8 Å². The van der Waals surface area contributed by atoms with E-state index in [1.807, 2.05) is 25.1 Å². The summed E-state index contributed by atoms with van der Waals surface area (Å²) < 4.78 is 6.08. The second-order valence-corrected chi connectivity index (χ2v) is 5.00. The van der Waals surface area contributed by atoms with E-state index in [1.54, 1.807) is 7.11 Å². The fourth-order valence-electron chi connectivity index (χ4n) is 1.48. The molecular weight excluding hydrogens is 296 g/mol. The standard InChI is InChI=1S/C13H19BrN2O2/c1-9(8-15)13(17)16-6-5-10-3-4-12(18-2)11(14)7-10/h3-4,7,9H,5-6,8,15H2,1-2H3,(H,16,17). The van der Waals surface area contributed by atoms with E-state index >= 15 is 0 Å². The third-order valence-electron chi connectivity index (χ3n) is 2.73. The average molecular weight is 315 g/mol. The van der Waals surface area contributed by atoms with Crippen LogP contribution in [0.3, 0.4) is 0 Å². The first-order valence-electron chi connectivity index (χ1n) is 5.88. The quantitative estimate of drug-likeness (QED) is 0.840. The number of hydrogen-bond donors (Lipinski definition) is 2. The van der Waals surface area contributed by atoms with Gasteiger partial charge < -0.3 is 15.8 Å². The highest BCUT2D eigenvalue weighted by Crippen LogP contribution is 2.25. The van der Waals surface area contributed by atoms with Gasteiger partial charge in [-0.3, -0.25) is 4.79 Å². The van der Waals surface area contributed by atoms with Crippen molar-refractivity contribution in [2.24, 2.45) is 11.7 Å². The predicted molar refractivity (Wildman–Crippen MR) is 75.6 cm³/mol. The Morgan fingerprint density at radius 2 is 2.28 bits per heavy atom. The maximum absolute atomic E-state index is 11.5. The fourth-order valence-corrected chi connectivity index (χ4v) is 2.06. The van der Waals surface area contributed by atoms with Crippen molar-refractivity contribution in [2.75, 3.05) is 20.2 Å². The van der Waals surface area contributed by atoms with Crippen LogP contribution in [0.25, 0.3) is 0 Å². The highest BCUT2D eigenvalue weighted by atomic mass is 79.9. The van der Waals surface area contributed by atoms with Gasteiger partial charge >= 0.3 is 0 Å². The average Bonchev–Trinajstić information content (AvgIpc) is 2.37. The van der Waals surface area contributed by atoms with Gasteiger partial charge in [-0.1, -0.05) is 13.0 Å². The van der Waals surface area contributed by atoms with E-state index in [2.05, 4.69) is 21.2 Å². The minimum atomic E-state index is -0.132. The lowest BCUT2D eigenvalue weighted by Gasteiger charge is -2.10. The molecule has 0 radical (unpaired) electrons. The molecule has 5 heteroatoms. The number of carbonyl (C=O) groups excluding carboxylic acids is 1. The molecule has 4 nitrogen and oxygen atoms in total. The minimum absolute atomic E-state index is 0.00470. The first-order valence-corrected chi connectivity index (χ1v) is 6.68. The van der Waals surface area contributed by atoms with Gasteiger partial charge in [0.25, 0.3) is 0 Å². The molecule has 0 aliphatic carbocycles. The molecule has 1 aromatic carbocycles. The second kappa shape index (κ2) is 7.38. The van der Waals surface area contributed by atoms with E-state index in [4.69, 9.17) is 10.5 Å². The van der Waals surface area contributed by atoms with Crippen molar-refractivity contribution in [3.8, 4) is 5.75 Å². The maximum atomic E-state index is 11.5. The molecule has 0 spiro atoms. The summed E-state index contributed by atoms with van der Waals surface area (Å²) in [7, 11) is 1.63. The largest absolute Gasteiger partial charge is 0.496 e. The molecule has 0 aliphatic heterocycles. The van der Waals surface area contributed by atoms with Crippen LogP contribution in [0.1, 0.15) is 12.5 Å². The highest BCUT2D eigenvalue weighted by Gasteiger charge is 2.09. The minimum Gasteiger partial charge on any atom is -0.496 e. The highest BCUT2D eigenvalue weighted by molar-refractivity contribution is 9.10. The molecule has 0 aromatic heterocycles. The van der Waals surface area contributed by atoms with Crippen LogP contribution in [0.4, 0.5) is 0 Å². The number of amides is 1. The number of benzene rings is 1. The molecule has 1 atom stereocenters. The van der Waals surface area contributed by atoms with Crippen LogP contribution in [0.15, 0.2) is 22.7 Å². The second-order valence-electron chi connectivity index (χ2n) is 4.15. The Kier molecular flexibility index (Phi) is 6.15. The van der Waals surface area contributed by atoms with E-state index in [0.717, 1.165) is 22.2 Å². The molecule has 0 aliphatic rings. The van der Waals surface area contributed by atoms with Crippen LogP contribution in [-0.2, 0) is 11.2 Å². The lowest BCUT2D eigenvalue weighted by Crippen LogP contribution is -2.34. The number of rotatable bonds is 6. The van der Waals surface area contributed by atoms with Gasteiger partial charge in [0.05, 0.1) is 11.6 Å². The molecular formula is C13H19BrN2O2. The Bertz CT molecular complexity index is 410. The van der Waals surface area contributed by atoms with Crippen molar-refractivity contribution in [3.63, 3.8) is 0 Å². The van der Waals surface area contributed by atoms with Crippen molar-refractivity contribution in [2.45, 2.75) is 13.3 Å². The number of methoxy groups -OCH3 is 1. The summed E-state index contributed by atoms with van der Waals surface area (Å²) in [6.45, 7) is 2.81. The SMILES string of the molecule is COc1ccc(CCNC(=O)C(C)CN)cc1Br. The van der Waals surface area contributed by atoms with E-state index in [1.165, 1.54) is 0 Å². The summed E-state index contributed by atoms with van der Waals surface area (Å²) in [5.74, 6) is 0.678. The van der Waals surface area contributed by atoms with E-state index in [0.29, 0.717) is 13.1 Å². The number of hydrogen-bond acceptors (Lipinski definition) is 3. The van der Waals surface area contributed by atoms with Gasteiger partial charge in [-0.05, 0) is 40.0 Å². The molecule has 3 N–H and O–H groups in total. The Balaban J connectivity index is 2.45. The van der Waals surface area contributed by atoms with Crippen LogP contribution in [0.2, 0.25) is 0 Å². The molecule has 1 rings (SSSR count). The van der Waals surface area contributed by atoms with E-state index < -0.39 is 0 Å². The zero-order chi connectivity index (χ0) is 13.5. The van der Waals surface area contributed by atoms with Crippen molar-refractivity contribution < 1.29 is 9.53 Å². The van der Waals surface area contributed by atoms with Crippen LogP contribution in [0, 0.1) is 5.92 Å². The monoisotopic (exact) mass is 314 g/mol. The van der Waals surface area contributed by atoms with Gasteiger partial charge in [0.1, 0.15) is 5.75 Å². The Hall–Kier alpha value is -1.07. The summed E-state index contributed by atoms with van der Waals surface area (Å²) in [5.41, 5.74) is 6.57. The van der Waals surface area contributed by atoms with Crippen LogP contribution in [0.5, 0.6) is 5.75 Å². The Morgan fingerprint density at radius 3 is 2.83 bits per heavy atom. The smallest absolute Gasteiger partial charge is 0.224 e. The van der Waals surface area contributed by atoms with Gasteiger partial charge in [-0.25, -0.2) is 0 Å². The van der Waals surface area contributed by atoms with Gasteiger partial charge in [0.15, 0.2) is 0 Å². The van der Waals surface area contributed by atoms with Crippen LogP contribution < -0.4 is 15.8 Å². The van der Waals surface area contributed by atoms with Crippen molar-refractivity contribution in [1.29, 1.82) is 0 Å². The maximum Gasteiger partial charge on any atom is 0.224 e. The summed E-state index contributed by atoms with van der Waals surface area (Å²) in [6, 6.07) is 5.89. The van der Waals surface area contributed by atoms with E-state index in [9.17, 15) is 4.79 Å². The number of halogens is 1. The van der Waals surface area contributed by atoms with Gasteiger partial charge in [-0.2, -0.15) is 0 Å². The normalized spacial score (nSPS) is 12.0. The van der Waals surface area contributed by atoms with Gasteiger partial charge in [0.2, 0.25) is 5.91 Å². The molecule has 0 heterocycles. The van der Waals surface area contributed by atoms with Crippen LogP contribution in [-0.4, -0.2) is 26.1 Å². The summed E-state index contributed by atoms with van der Waals surface area (Å²) in [6.07, 6.45) is 0.783. The number of ether oxygens (including phenoxy) is 1. The number of nitrogens with one attached hydrogen (secondary N) is 1. The topological polar surface area (TPSA) is 64.3 Å². The molecule has 18 heavy (non-hydrogen) atoms. The predicted octanol–water partition coefficient (Wildman–Crippen LogP) is 1.71. The molecule has 0 saturated heterocycles. The van der Waals surface area contributed by atoms with Crippen LogP contribution >= 0.6 is 15.9 Å². The Labute approximate surface area is 116 Å². The van der Waals surface area contributed by atoms with Gasteiger partial charge in [-0.15, -0.1) is 0 Å². The fraction of sp³-hybridized carbons (Fsp3) is 0.462. The summed E-state index contributed by atoms with van der Waals surface area (Å²) in [5, 5.41) is 2.86. The number of carbonyl (C=O) groups is 1. The molecule has 0 fully saturated rings. The summed E-state index contributed by atoms with van der Waals surface area (Å²) >= 11 is 3.43. The Morgan fingerprint density at radius 1 is 1.56 bits per heavy atom. The third kappa shape index (κ3) is 4.31. The van der Waals surface area contributed by atoms with Gasteiger partial charge in [0, 0.05) is 19.0 Å². The zero-order valence-corrected chi connectivity index (χ0v) is 12.3. The molecule has 1 amide bonds. The molecule has 100 valence electrons. The van der Waals surface area contributed by atoms with Crippen molar-refractivity contribution in [3.05, 3.63) is 28.2 Å². The first-order chi connectivity index (χ1) is 8.58. The number of nitrogens with two attached hydrogens (primary N) is 1. The lowest BCUT2D eigenvalue weighted by molar-refractivity contribution is -0.124. The molecule has 0 saturated carbocycles. The van der Waals surface area contributed by atoms with Crippen molar-refractivity contribution in [1.82, 2.24) is 5.32 Å². The molecule has 1 unspecified atom stereocenters. The lowest BCUT2D eigenvalue weighted by atomic mass is 10.1. The molecule has 1 aromatic rings. The summed E-state index contributed by atoms with van der Waals surface area (Å²) in [4.78, 5) is 11.5.